The van der Waals surface area contributed by atoms with Crippen molar-refractivity contribution in [2.75, 3.05) is 0 Å². The Morgan fingerprint density at radius 1 is 0.909 bits per heavy atom. The van der Waals surface area contributed by atoms with Crippen LogP contribution in [0.5, 0.6) is 0 Å². The number of hydrogen-bond acceptors (Lipinski definition) is 1. The van der Waals surface area contributed by atoms with Gasteiger partial charge >= 0.3 is 6.11 Å². The summed E-state index contributed by atoms with van der Waals surface area (Å²) in [5, 5.41) is 0. The fraction of sp³-hybridized carbons (Fsp3) is 0.556. The van der Waals surface area contributed by atoms with Crippen LogP contribution in [0.1, 0.15) is 93.1 Å². The van der Waals surface area contributed by atoms with Crippen LogP contribution in [0, 0.1) is 17.6 Å². The van der Waals surface area contributed by atoms with Gasteiger partial charge in [-0.3, -0.25) is 0 Å². The van der Waals surface area contributed by atoms with Crippen molar-refractivity contribution in [1.29, 1.82) is 0 Å². The number of benzene rings is 2. The zero-order valence-electron chi connectivity index (χ0n) is 19.4. The fourth-order valence-corrected chi connectivity index (χ4v) is 4.82. The van der Waals surface area contributed by atoms with Gasteiger partial charge in [-0.1, -0.05) is 57.4 Å². The van der Waals surface area contributed by atoms with E-state index >= 15 is 0 Å². The van der Waals surface area contributed by atoms with Crippen LogP contribution in [0.3, 0.4) is 0 Å². The second-order valence-electron chi connectivity index (χ2n) is 9.18. The Labute approximate surface area is 193 Å². The van der Waals surface area contributed by atoms with E-state index in [1.165, 1.54) is 18.6 Å². The van der Waals surface area contributed by atoms with Gasteiger partial charge in [-0.25, -0.2) is 13.2 Å². The summed E-state index contributed by atoms with van der Waals surface area (Å²) in [4.78, 5) is 0. The zero-order valence-corrected chi connectivity index (χ0v) is 19.4. The molecule has 182 valence electrons. The summed E-state index contributed by atoms with van der Waals surface area (Å²) in [7, 11) is 0. The average Bonchev–Trinajstić information content (AvgIpc) is 2.79. The standard InChI is InChI=1S/C27H33F5O/c1-3-5-18-7-11-21(12-8-18)22-13-10-20(16-24(22)28)17-33-27(31,32)26(30)23-14-9-19(6-4-2)15-25(23)29/h9-10,13-16,18,21,26H,3-8,11-12,17H2,1-2H3. The minimum absolute atomic E-state index is 0.128. The van der Waals surface area contributed by atoms with Gasteiger partial charge in [0.25, 0.3) is 0 Å². The number of ether oxygens (including phenoxy) is 1. The molecule has 0 aromatic heterocycles. The highest BCUT2D eigenvalue weighted by Crippen LogP contribution is 2.40. The van der Waals surface area contributed by atoms with E-state index in [2.05, 4.69) is 11.7 Å². The Morgan fingerprint density at radius 2 is 1.58 bits per heavy atom. The molecule has 1 saturated carbocycles. The highest BCUT2D eigenvalue weighted by atomic mass is 19.3. The van der Waals surface area contributed by atoms with Crippen LogP contribution < -0.4 is 0 Å². The fourth-order valence-electron chi connectivity index (χ4n) is 4.82. The summed E-state index contributed by atoms with van der Waals surface area (Å²) in [6, 6.07) is 7.89. The van der Waals surface area contributed by atoms with Crippen molar-refractivity contribution in [1.82, 2.24) is 0 Å². The van der Waals surface area contributed by atoms with E-state index in [1.54, 1.807) is 12.1 Å². The Hall–Kier alpha value is -1.95. The summed E-state index contributed by atoms with van der Waals surface area (Å²) in [6.07, 6.45) is 0.446. The Bertz CT molecular complexity index is 905. The van der Waals surface area contributed by atoms with E-state index in [0.29, 0.717) is 23.5 Å². The van der Waals surface area contributed by atoms with Crippen molar-refractivity contribution in [2.45, 2.75) is 90.0 Å². The molecule has 3 rings (SSSR count). The van der Waals surface area contributed by atoms with E-state index in [0.717, 1.165) is 50.7 Å². The van der Waals surface area contributed by atoms with Gasteiger partial charge in [-0.15, -0.1) is 0 Å². The summed E-state index contributed by atoms with van der Waals surface area (Å²) < 4.78 is 76.5. The third-order valence-corrected chi connectivity index (χ3v) is 6.65. The van der Waals surface area contributed by atoms with Crippen LogP contribution in [0.4, 0.5) is 22.0 Å². The summed E-state index contributed by atoms with van der Waals surface area (Å²) >= 11 is 0. The maximum atomic E-state index is 14.7. The van der Waals surface area contributed by atoms with E-state index in [9.17, 15) is 22.0 Å². The number of halogens is 5. The van der Waals surface area contributed by atoms with Crippen molar-refractivity contribution >= 4 is 0 Å². The van der Waals surface area contributed by atoms with Crippen LogP contribution in [-0.4, -0.2) is 6.11 Å². The number of hydrogen-bond donors (Lipinski definition) is 0. The predicted molar refractivity (Wildman–Crippen MR) is 120 cm³/mol. The summed E-state index contributed by atoms with van der Waals surface area (Å²) in [6.45, 7) is 3.39. The largest absolute Gasteiger partial charge is 0.391 e. The molecule has 0 bridgehead atoms. The lowest BCUT2D eigenvalue weighted by atomic mass is 9.77. The van der Waals surface area contributed by atoms with Gasteiger partial charge in [0, 0.05) is 5.56 Å². The zero-order chi connectivity index (χ0) is 24.0. The molecule has 2 aromatic carbocycles. The van der Waals surface area contributed by atoms with Crippen molar-refractivity contribution in [3.05, 3.63) is 70.3 Å². The quantitative estimate of drug-likeness (QED) is 0.317. The molecule has 0 heterocycles. The SMILES string of the molecule is CCCc1ccc(C(F)C(F)(F)OCc2ccc(C3CCC(CCC)CC3)c(F)c2)c(F)c1. The van der Waals surface area contributed by atoms with Crippen LogP contribution in [0.25, 0.3) is 0 Å². The molecule has 33 heavy (non-hydrogen) atoms. The van der Waals surface area contributed by atoms with Crippen molar-refractivity contribution in [3.8, 4) is 0 Å². The Kier molecular flexibility index (Phi) is 8.91. The second kappa shape index (κ2) is 11.5. The van der Waals surface area contributed by atoms with Crippen LogP contribution in [0.2, 0.25) is 0 Å². The lowest BCUT2D eigenvalue weighted by molar-refractivity contribution is -0.282. The maximum Gasteiger partial charge on any atom is 0.391 e. The Morgan fingerprint density at radius 3 is 2.18 bits per heavy atom. The summed E-state index contributed by atoms with van der Waals surface area (Å²) in [5.74, 6) is -0.651. The normalized spacial score (nSPS) is 20.1. The molecule has 1 unspecified atom stereocenters. The third-order valence-electron chi connectivity index (χ3n) is 6.65. The highest BCUT2D eigenvalue weighted by molar-refractivity contribution is 5.28. The third kappa shape index (κ3) is 6.56. The molecule has 0 radical (unpaired) electrons. The highest BCUT2D eigenvalue weighted by Gasteiger charge is 2.44. The molecule has 0 spiro atoms. The summed E-state index contributed by atoms with van der Waals surface area (Å²) in [5.41, 5.74) is 0.643. The first-order valence-corrected chi connectivity index (χ1v) is 12.0. The van der Waals surface area contributed by atoms with Gasteiger partial charge in [-0.05, 0) is 72.8 Å². The van der Waals surface area contributed by atoms with Gasteiger partial charge in [0.05, 0.1) is 6.61 Å². The first-order valence-electron chi connectivity index (χ1n) is 12.0. The Balaban J connectivity index is 1.61. The topological polar surface area (TPSA) is 9.23 Å². The van der Waals surface area contributed by atoms with E-state index in [1.807, 2.05) is 6.92 Å². The molecule has 2 aromatic rings. The average molecular weight is 469 g/mol. The van der Waals surface area contributed by atoms with Gasteiger partial charge in [-0.2, -0.15) is 8.78 Å². The molecule has 1 nitrogen and oxygen atoms in total. The molecule has 0 aliphatic heterocycles. The minimum Gasteiger partial charge on any atom is -0.313 e. The molecular formula is C27H33F5O. The lowest BCUT2D eigenvalue weighted by Gasteiger charge is -2.29. The monoisotopic (exact) mass is 468 g/mol. The van der Waals surface area contributed by atoms with E-state index in [4.69, 9.17) is 0 Å². The molecular weight excluding hydrogens is 435 g/mol. The molecule has 0 N–H and O–H groups in total. The van der Waals surface area contributed by atoms with Crippen LogP contribution >= 0.6 is 0 Å². The first-order chi connectivity index (χ1) is 15.7. The predicted octanol–water partition coefficient (Wildman–Crippen LogP) is 8.81. The van der Waals surface area contributed by atoms with E-state index < -0.39 is 36.1 Å². The smallest absolute Gasteiger partial charge is 0.313 e. The molecule has 1 atom stereocenters. The molecule has 1 aliphatic rings. The number of alkyl halides is 3. The molecule has 0 saturated heterocycles. The van der Waals surface area contributed by atoms with Crippen molar-refractivity contribution in [3.63, 3.8) is 0 Å². The van der Waals surface area contributed by atoms with Crippen LogP contribution in [0.15, 0.2) is 36.4 Å². The lowest BCUT2D eigenvalue weighted by Crippen LogP contribution is -2.28. The van der Waals surface area contributed by atoms with Gasteiger partial charge in [0.2, 0.25) is 6.17 Å². The number of rotatable bonds is 10. The van der Waals surface area contributed by atoms with Gasteiger partial charge in [0.1, 0.15) is 11.6 Å². The molecule has 6 heteroatoms. The van der Waals surface area contributed by atoms with Crippen molar-refractivity contribution < 1.29 is 26.7 Å². The maximum absolute atomic E-state index is 14.7. The van der Waals surface area contributed by atoms with Crippen LogP contribution in [-0.2, 0) is 17.8 Å². The minimum atomic E-state index is -4.25. The van der Waals surface area contributed by atoms with E-state index in [-0.39, 0.29) is 11.5 Å². The second-order valence-corrected chi connectivity index (χ2v) is 9.18. The molecule has 0 amide bonds. The van der Waals surface area contributed by atoms with Gasteiger partial charge < -0.3 is 4.74 Å². The van der Waals surface area contributed by atoms with Gasteiger partial charge in [0.15, 0.2) is 0 Å². The molecule has 1 fully saturated rings. The van der Waals surface area contributed by atoms with Crippen molar-refractivity contribution in [2.24, 2.45) is 5.92 Å². The first kappa shape index (κ1) is 25.7. The molecule has 1 aliphatic carbocycles. The number of aryl methyl sites for hydroxylation is 1.